The van der Waals surface area contributed by atoms with Gasteiger partial charge in [-0.2, -0.15) is 0 Å². The number of halogens is 1. The molecule has 3 atom stereocenters. The first-order valence-corrected chi connectivity index (χ1v) is 8.20. The van der Waals surface area contributed by atoms with Gasteiger partial charge in [-0.3, -0.25) is 14.4 Å². The summed E-state index contributed by atoms with van der Waals surface area (Å²) in [5.74, 6) is -2.30. The largest absolute Gasteiger partial charge is 0.468 e. The molecule has 126 valence electrons. The summed E-state index contributed by atoms with van der Waals surface area (Å²) in [6.07, 6.45) is 0.644. The van der Waals surface area contributed by atoms with Gasteiger partial charge >= 0.3 is 5.97 Å². The Morgan fingerprint density at radius 3 is 2.50 bits per heavy atom. The molecule has 0 unspecified atom stereocenters. The predicted octanol–water partition coefficient (Wildman–Crippen LogP) is 2.60. The summed E-state index contributed by atoms with van der Waals surface area (Å²) in [6, 6.07) is 7.10. The van der Waals surface area contributed by atoms with E-state index in [0.717, 1.165) is 5.56 Å². The lowest BCUT2D eigenvalue weighted by Gasteiger charge is -2.36. The molecule has 0 saturated heterocycles. The summed E-state index contributed by atoms with van der Waals surface area (Å²) in [5.41, 5.74) is 1.99. The van der Waals surface area contributed by atoms with Crippen molar-refractivity contribution in [1.29, 1.82) is 0 Å². The van der Waals surface area contributed by atoms with Crippen LogP contribution in [0.25, 0.3) is 0 Å². The third-order valence-electron chi connectivity index (χ3n) is 4.72. The molecule has 0 fully saturated rings. The Morgan fingerprint density at radius 2 is 1.88 bits per heavy atom. The van der Waals surface area contributed by atoms with E-state index in [1.54, 1.807) is 12.1 Å². The van der Waals surface area contributed by atoms with E-state index in [4.69, 9.17) is 16.3 Å². The number of ketones is 1. The van der Waals surface area contributed by atoms with E-state index in [0.29, 0.717) is 22.7 Å². The van der Waals surface area contributed by atoms with Crippen LogP contribution in [0.5, 0.6) is 0 Å². The minimum atomic E-state index is -0.821. The van der Waals surface area contributed by atoms with Crippen LogP contribution in [0.15, 0.2) is 35.5 Å². The van der Waals surface area contributed by atoms with Gasteiger partial charge in [-0.15, -0.1) is 0 Å². The van der Waals surface area contributed by atoms with E-state index >= 15 is 0 Å². The highest BCUT2D eigenvalue weighted by Crippen LogP contribution is 2.42. The number of Topliss-reactive ketones (excluding diaryl/α,β-unsaturated/α-hetero) is 1. The van der Waals surface area contributed by atoms with E-state index in [1.165, 1.54) is 7.11 Å². The van der Waals surface area contributed by atoms with Gasteiger partial charge in [-0.25, -0.2) is 0 Å². The molecule has 0 aromatic heterocycles. The highest BCUT2D eigenvalue weighted by Gasteiger charge is 2.45. The summed E-state index contributed by atoms with van der Waals surface area (Å²) >= 11 is 5.93. The standard InChI is InChI=1S/C18H18ClNO4/c1-9-7-13-16(17(22)15(9)18(23)24-2)12(8-14(21)20-13)10-3-5-11(19)6-4-10/h3-6,9,12,15H,7-8H2,1-2H3,(H,20,21)/t9-,12+,15-/m0/s1. The number of amides is 1. The molecular weight excluding hydrogens is 330 g/mol. The van der Waals surface area contributed by atoms with E-state index < -0.39 is 11.9 Å². The van der Waals surface area contributed by atoms with Gasteiger partial charge in [0.25, 0.3) is 0 Å². The van der Waals surface area contributed by atoms with Gasteiger partial charge in [0, 0.05) is 28.6 Å². The molecular formula is C18H18ClNO4. The summed E-state index contributed by atoms with van der Waals surface area (Å²) < 4.78 is 4.80. The number of hydrogen-bond donors (Lipinski definition) is 1. The number of esters is 1. The quantitative estimate of drug-likeness (QED) is 0.659. The predicted molar refractivity (Wildman–Crippen MR) is 88.3 cm³/mol. The Labute approximate surface area is 145 Å². The molecule has 1 heterocycles. The summed E-state index contributed by atoms with van der Waals surface area (Å²) in [7, 11) is 1.28. The number of carbonyl (C=O) groups excluding carboxylic acids is 3. The topological polar surface area (TPSA) is 72.5 Å². The van der Waals surface area contributed by atoms with E-state index in [1.807, 2.05) is 19.1 Å². The van der Waals surface area contributed by atoms with Crippen molar-refractivity contribution in [2.45, 2.75) is 25.7 Å². The van der Waals surface area contributed by atoms with Crippen LogP contribution in [-0.4, -0.2) is 24.8 Å². The highest BCUT2D eigenvalue weighted by atomic mass is 35.5. The maximum Gasteiger partial charge on any atom is 0.316 e. The zero-order valence-electron chi connectivity index (χ0n) is 13.5. The van der Waals surface area contributed by atoms with Gasteiger partial charge in [0.1, 0.15) is 5.92 Å². The van der Waals surface area contributed by atoms with Gasteiger partial charge in [0.2, 0.25) is 5.91 Å². The molecule has 0 radical (unpaired) electrons. The Kier molecular flexibility index (Phi) is 4.45. The van der Waals surface area contributed by atoms with E-state index in [-0.39, 0.29) is 29.9 Å². The Bertz CT molecular complexity index is 738. The molecule has 3 rings (SSSR count). The second-order valence-corrected chi connectivity index (χ2v) is 6.73. The monoisotopic (exact) mass is 347 g/mol. The lowest BCUT2D eigenvalue weighted by molar-refractivity contribution is -0.151. The highest BCUT2D eigenvalue weighted by molar-refractivity contribution is 6.30. The smallest absolute Gasteiger partial charge is 0.316 e. The van der Waals surface area contributed by atoms with Crippen molar-refractivity contribution in [1.82, 2.24) is 5.32 Å². The number of rotatable bonds is 2. The third kappa shape index (κ3) is 2.84. The molecule has 0 bridgehead atoms. The first-order chi connectivity index (χ1) is 11.4. The first-order valence-electron chi connectivity index (χ1n) is 7.82. The molecule has 0 saturated carbocycles. The van der Waals surface area contributed by atoms with Crippen LogP contribution < -0.4 is 5.32 Å². The lowest BCUT2D eigenvalue weighted by atomic mass is 9.70. The van der Waals surface area contributed by atoms with Crippen molar-refractivity contribution in [3.63, 3.8) is 0 Å². The van der Waals surface area contributed by atoms with Crippen molar-refractivity contribution in [2.24, 2.45) is 11.8 Å². The van der Waals surface area contributed by atoms with Crippen molar-refractivity contribution in [3.8, 4) is 0 Å². The second-order valence-electron chi connectivity index (χ2n) is 6.30. The van der Waals surface area contributed by atoms with Crippen molar-refractivity contribution >= 4 is 29.3 Å². The average molecular weight is 348 g/mol. The van der Waals surface area contributed by atoms with Gasteiger partial charge in [-0.05, 0) is 30.0 Å². The van der Waals surface area contributed by atoms with Gasteiger partial charge < -0.3 is 10.1 Å². The molecule has 6 heteroatoms. The minimum absolute atomic E-state index is 0.120. The van der Waals surface area contributed by atoms with Crippen LogP contribution in [0.1, 0.15) is 31.2 Å². The number of methoxy groups -OCH3 is 1. The van der Waals surface area contributed by atoms with Crippen LogP contribution in [0.2, 0.25) is 5.02 Å². The number of carbonyl (C=O) groups is 3. The van der Waals surface area contributed by atoms with Gasteiger partial charge in [0.15, 0.2) is 5.78 Å². The fraction of sp³-hybridized carbons (Fsp3) is 0.389. The number of allylic oxidation sites excluding steroid dienone is 2. The molecule has 1 amide bonds. The maximum atomic E-state index is 13.0. The number of benzene rings is 1. The molecule has 1 aliphatic heterocycles. The molecule has 1 N–H and O–H groups in total. The average Bonchev–Trinajstić information content (AvgIpc) is 2.54. The molecule has 0 spiro atoms. The normalized spacial score (nSPS) is 26.7. The van der Waals surface area contributed by atoms with Gasteiger partial charge in [0.05, 0.1) is 7.11 Å². The summed E-state index contributed by atoms with van der Waals surface area (Å²) in [6.45, 7) is 1.82. The Morgan fingerprint density at radius 1 is 1.21 bits per heavy atom. The number of ether oxygens (including phenoxy) is 1. The molecule has 24 heavy (non-hydrogen) atoms. The van der Waals surface area contributed by atoms with Crippen LogP contribution in [-0.2, 0) is 19.1 Å². The molecule has 5 nitrogen and oxygen atoms in total. The molecule has 1 aromatic rings. The van der Waals surface area contributed by atoms with E-state index in [2.05, 4.69) is 5.32 Å². The van der Waals surface area contributed by atoms with Crippen LogP contribution in [0, 0.1) is 11.8 Å². The fourth-order valence-electron chi connectivity index (χ4n) is 3.58. The fourth-order valence-corrected chi connectivity index (χ4v) is 3.70. The Hall–Kier alpha value is -2.14. The zero-order chi connectivity index (χ0) is 17.4. The SMILES string of the molecule is COC(=O)[C@@H]1C(=O)C2=C(C[C@@H]1C)NC(=O)C[C@@H]2c1ccc(Cl)cc1. The first kappa shape index (κ1) is 16.7. The Balaban J connectivity index is 2.06. The van der Waals surface area contributed by atoms with Crippen molar-refractivity contribution in [2.75, 3.05) is 7.11 Å². The lowest BCUT2D eigenvalue weighted by Crippen LogP contribution is -2.44. The van der Waals surface area contributed by atoms with Crippen LogP contribution in [0.3, 0.4) is 0 Å². The van der Waals surface area contributed by atoms with Gasteiger partial charge in [-0.1, -0.05) is 30.7 Å². The summed E-state index contributed by atoms with van der Waals surface area (Å²) in [4.78, 5) is 37.1. The minimum Gasteiger partial charge on any atom is -0.468 e. The van der Waals surface area contributed by atoms with Crippen LogP contribution in [0.4, 0.5) is 0 Å². The van der Waals surface area contributed by atoms with Crippen molar-refractivity contribution < 1.29 is 19.1 Å². The molecule has 1 aromatic carbocycles. The molecule has 1 aliphatic carbocycles. The number of nitrogens with one attached hydrogen (secondary N) is 1. The summed E-state index contributed by atoms with van der Waals surface area (Å²) in [5, 5.41) is 3.40. The maximum absolute atomic E-state index is 13.0. The third-order valence-corrected chi connectivity index (χ3v) is 4.98. The zero-order valence-corrected chi connectivity index (χ0v) is 14.2. The second kappa shape index (κ2) is 6.40. The number of hydrogen-bond acceptors (Lipinski definition) is 4. The molecule has 2 aliphatic rings. The van der Waals surface area contributed by atoms with Crippen LogP contribution >= 0.6 is 11.6 Å². The van der Waals surface area contributed by atoms with Crippen molar-refractivity contribution in [3.05, 3.63) is 46.1 Å². The van der Waals surface area contributed by atoms with E-state index in [9.17, 15) is 14.4 Å².